The molecule has 0 spiro atoms. The minimum atomic E-state index is -0.288. The topological polar surface area (TPSA) is 59.1 Å². The zero-order valence-corrected chi connectivity index (χ0v) is 13.7. The molecule has 6 nitrogen and oxygen atoms in total. The second-order valence-corrected chi connectivity index (χ2v) is 6.12. The lowest BCUT2D eigenvalue weighted by Gasteiger charge is -2.22. The van der Waals surface area contributed by atoms with E-state index < -0.39 is 0 Å². The Balaban J connectivity index is 1.81. The molecule has 1 aromatic rings. The third-order valence-corrected chi connectivity index (χ3v) is 4.59. The van der Waals surface area contributed by atoms with Gasteiger partial charge in [-0.05, 0) is 25.0 Å². The second-order valence-electron chi connectivity index (χ2n) is 6.12. The molecule has 2 fully saturated rings. The summed E-state index contributed by atoms with van der Waals surface area (Å²) in [5.41, 5.74) is 0.654. The van der Waals surface area contributed by atoms with Gasteiger partial charge in [-0.1, -0.05) is 0 Å². The first-order valence-electron chi connectivity index (χ1n) is 7.84. The predicted octanol–water partition coefficient (Wildman–Crippen LogP) is 1.68. The van der Waals surface area contributed by atoms with E-state index >= 15 is 0 Å². The molecule has 0 aromatic heterocycles. The molecule has 0 radical (unpaired) electrons. The molecule has 23 heavy (non-hydrogen) atoms. The van der Waals surface area contributed by atoms with Crippen molar-refractivity contribution in [3.8, 4) is 11.5 Å². The monoisotopic (exact) mass is 318 g/mol. The number of hydrogen-bond acceptors (Lipinski definition) is 4. The molecule has 1 heterocycles. The molecule has 124 valence electrons. The molecular weight excluding hydrogens is 296 g/mol. The fraction of sp³-hybridized carbons (Fsp3) is 0.529. The van der Waals surface area contributed by atoms with Crippen molar-refractivity contribution in [2.45, 2.75) is 25.3 Å². The lowest BCUT2D eigenvalue weighted by molar-refractivity contribution is -0.135. The van der Waals surface area contributed by atoms with Gasteiger partial charge in [-0.15, -0.1) is 0 Å². The van der Waals surface area contributed by atoms with Gasteiger partial charge in [0.25, 0.3) is 0 Å². The maximum Gasteiger partial charge on any atom is 0.228 e. The van der Waals surface area contributed by atoms with Crippen LogP contribution in [0.1, 0.15) is 19.3 Å². The Morgan fingerprint density at radius 3 is 2.61 bits per heavy atom. The van der Waals surface area contributed by atoms with Gasteiger partial charge >= 0.3 is 0 Å². The van der Waals surface area contributed by atoms with Gasteiger partial charge in [-0.3, -0.25) is 9.59 Å². The summed E-state index contributed by atoms with van der Waals surface area (Å²) < 4.78 is 10.6. The summed E-state index contributed by atoms with van der Waals surface area (Å²) in [6, 6.07) is 5.69. The number of nitrogens with zero attached hydrogens (tertiary/aromatic N) is 2. The lowest BCUT2D eigenvalue weighted by atomic mass is 10.1. The fourth-order valence-electron chi connectivity index (χ4n) is 3.04. The Morgan fingerprint density at radius 2 is 2.00 bits per heavy atom. The van der Waals surface area contributed by atoms with Crippen LogP contribution < -0.4 is 14.4 Å². The van der Waals surface area contributed by atoms with E-state index in [1.165, 1.54) is 0 Å². The van der Waals surface area contributed by atoms with Crippen LogP contribution in [0.15, 0.2) is 18.2 Å². The Bertz CT molecular complexity index is 627. The second kappa shape index (κ2) is 6.10. The highest BCUT2D eigenvalue weighted by atomic mass is 16.5. The van der Waals surface area contributed by atoms with Crippen LogP contribution in [-0.4, -0.2) is 50.6 Å². The zero-order chi connectivity index (χ0) is 16.6. The third-order valence-electron chi connectivity index (χ3n) is 4.59. The molecule has 1 saturated carbocycles. The van der Waals surface area contributed by atoms with Crippen molar-refractivity contribution in [2.75, 3.05) is 32.7 Å². The van der Waals surface area contributed by atoms with Gasteiger partial charge in [0.15, 0.2) is 0 Å². The van der Waals surface area contributed by atoms with Gasteiger partial charge in [0, 0.05) is 32.1 Å². The summed E-state index contributed by atoms with van der Waals surface area (Å²) in [6.07, 6.45) is 2.38. The van der Waals surface area contributed by atoms with Crippen LogP contribution in [0.2, 0.25) is 0 Å². The van der Waals surface area contributed by atoms with Crippen LogP contribution in [-0.2, 0) is 9.59 Å². The minimum Gasteiger partial charge on any atom is -0.497 e. The van der Waals surface area contributed by atoms with E-state index in [1.807, 2.05) is 7.05 Å². The Kier molecular flexibility index (Phi) is 4.15. The molecule has 1 saturated heterocycles. The largest absolute Gasteiger partial charge is 0.497 e. The molecule has 0 N–H and O–H groups in total. The summed E-state index contributed by atoms with van der Waals surface area (Å²) in [4.78, 5) is 28.4. The van der Waals surface area contributed by atoms with Gasteiger partial charge in [-0.25, -0.2) is 0 Å². The molecule has 0 bridgehead atoms. The summed E-state index contributed by atoms with van der Waals surface area (Å²) in [7, 11) is 4.98. The van der Waals surface area contributed by atoms with Crippen LogP contribution in [0, 0.1) is 5.92 Å². The average molecular weight is 318 g/mol. The highest BCUT2D eigenvalue weighted by Crippen LogP contribution is 2.37. The molecule has 3 rings (SSSR count). The zero-order valence-electron chi connectivity index (χ0n) is 13.7. The van der Waals surface area contributed by atoms with E-state index in [4.69, 9.17) is 9.47 Å². The molecule has 1 unspecified atom stereocenters. The lowest BCUT2D eigenvalue weighted by Crippen LogP contribution is -2.36. The van der Waals surface area contributed by atoms with Crippen LogP contribution in [0.25, 0.3) is 0 Å². The van der Waals surface area contributed by atoms with E-state index in [2.05, 4.69) is 0 Å². The van der Waals surface area contributed by atoms with E-state index in [-0.39, 0.29) is 24.2 Å². The average Bonchev–Trinajstić information content (AvgIpc) is 3.35. The van der Waals surface area contributed by atoms with Crippen LogP contribution >= 0.6 is 0 Å². The molecule has 1 aliphatic heterocycles. The summed E-state index contributed by atoms with van der Waals surface area (Å²) in [6.45, 7) is 0.387. The number of carbonyl (C=O) groups excluding carboxylic acids is 2. The van der Waals surface area contributed by atoms with Gasteiger partial charge in [0.1, 0.15) is 11.5 Å². The van der Waals surface area contributed by atoms with E-state index in [0.29, 0.717) is 29.8 Å². The van der Waals surface area contributed by atoms with Crippen molar-refractivity contribution >= 4 is 17.5 Å². The standard InChI is InChI=1S/C17H22N2O4/c1-18(12-4-5-12)17(21)11-8-16(20)19(10-11)14-9-13(22-2)6-7-15(14)23-3/h6-7,9,11-12H,4-5,8,10H2,1-3H3. The smallest absolute Gasteiger partial charge is 0.228 e. The molecular formula is C17H22N2O4. The van der Waals surface area contributed by atoms with Gasteiger partial charge in [-0.2, -0.15) is 0 Å². The maximum atomic E-state index is 12.5. The fourth-order valence-corrected chi connectivity index (χ4v) is 3.04. The van der Waals surface area contributed by atoms with E-state index in [1.54, 1.807) is 42.2 Å². The van der Waals surface area contributed by atoms with Crippen molar-refractivity contribution in [1.82, 2.24) is 4.90 Å². The molecule has 1 aromatic carbocycles. The maximum absolute atomic E-state index is 12.5. The first-order chi connectivity index (χ1) is 11.0. The number of hydrogen-bond donors (Lipinski definition) is 0. The predicted molar refractivity (Wildman–Crippen MR) is 85.8 cm³/mol. The van der Waals surface area contributed by atoms with Crippen LogP contribution in [0.4, 0.5) is 5.69 Å². The summed E-state index contributed by atoms with van der Waals surface area (Å²) >= 11 is 0. The Labute approximate surface area is 136 Å². The summed E-state index contributed by atoms with van der Waals surface area (Å²) in [5, 5.41) is 0. The first-order valence-corrected chi connectivity index (χ1v) is 7.84. The number of carbonyl (C=O) groups is 2. The molecule has 6 heteroatoms. The van der Waals surface area contributed by atoms with Crippen molar-refractivity contribution < 1.29 is 19.1 Å². The normalized spacial score (nSPS) is 20.6. The van der Waals surface area contributed by atoms with Gasteiger partial charge < -0.3 is 19.3 Å². The molecule has 1 atom stereocenters. The number of anilines is 1. The van der Waals surface area contributed by atoms with Crippen molar-refractivity contribution in [1.29, 1.82) is 0 Å². The van der Waals surface area contributed by atoms with Crippen LogP contribution in [0.5, 0.6) is 11.5 Å². The van der Waals surface area contributed by atoms with E-state index in [9.17, 15) is 9.59 Å². The quantitative estimate of drug-likeness (QED) is 0.829. The number of benzene rings is 1. The van der Waals surface area contributed by atoms with E-state index in [0.717, 1.165) is 12.8 Å². The SMILES string of the molecule is COc1ccc(OC)c(N2CC(C(=O)N(C)C3CC3)CC2=O)c1. The first kappa shape index (κ1) is 15.6. The number of rotatable bonds is 5. The van der Waals surface area contributed by atoms with Crippen molar-refractivity contribution in [2.24, 2.45) is 5.92 Å². The highest BCUT2D eigenvalue weighted by molar-refractivity contribution is 6.01. The van der Waals surface area contributed by atoms with Crippen molar-refractivity contribution in [3.63, 3.8) is 0 Å². The number of methoxy groups -OCH3 is 2. The van der Waals surface area contributed by atoms with Gasteiger partial charge in [0.05, 0.1) is 25.8 Å². The number of ether oxygens (including phenoxy) is 2. The van der Waals surface area contributed by atoms with Gasteiger partial charge in [0.2, 0.25) is 11.8 Å². The Morgan fingerprint density at radius 1 is 1.26 bits per heavy atom. The highest BCUT2D eigenvalue weighted by Gasteiger charge is 2.40. The molecule has 2 aliphatic rings. The van der Waals surface area contributed by atoms with Crippen molar-refractivity contribution in [3.05, 3.63) is 18.2 Å². The summed E-state index contributed by atoms with van der Waals surface area (Å²) in [5.74, 6) is 0.967. The molecule has 1 aliphatic carbocycles. The third kappa shape index (κ3) is 2.98. The Hall–Kier alpha value is -2.24. The molecule has 2 amide bonds. The number of amides is 2. The minimum absolute atomic E-state index is 0.0564. The van der Waals surface area contributed by atoms with Crippen LogP contribution in [0.3, 0.4) is 0 Å².